The van der Waals surface area contributed by atoms with E-state index in [9.17, 15) is 5.11 Å². The Balaban J connectivity index is 2.24. The number of aliphatic hydroxyl groups is 1. The summed E-state index contributed by atoms with van der Waals surface area (Å²) in [5.74, 6) is 0. The van der Waals surface area contributed by atoms with Crippen LogP contribution in [0.5, 0.6) is 0 Å². The van der Waals surface area contributed by atoms with Crippen LogP contribution in [0.2, 0.25) is 0 Å². The van der Waals surface area contributed by atoms with Crippen molar-refractivity contribution in [2.45, 2.75) is 18.9 Å². The van der Waals surface area contributed by atoms with Gasteiger partial charge in [-0.15, -0.1) is 0 Å². The molecule has 1 atom stereocenters. The molecule has 0 aliphatic carbocycles. The van der Waals surface area contributed by atoms with Gasteiger partial charge in [0.15, 0.2) is 0 Å². The molecule has 1 aromatic carbocycles. The lowest BCUT2D eigenvalue weighted by molar-refractivity contribution is 0.253. The van der Waals surface area contributed by atoms with E-state index in [2.05, 4.69) is 51.0 Å². The highest BCUT2D eigenvalue weighted by atomic mass is 79.9. The summed E-state index contributed by atoms with van der Waals surface area (Å²) in [6, 6.07) is 8.74. The van der Waals surface area contributed by atoms with Crippen molar-refractivity contribution >= 4 is 21.6 Å². The van der Waals surface area contributed by atoms with E-state index in [1.165, 1.54) is 12.1 Å². The fourth-order valence-electron chi connectivity index (χ4n) is 2.64. The van der Waals surface area contributed by atoms with Crippen molar-refractivity contribution in [2.24, 2.45) is 0 Å². The zero-order valence-corrected chi connectivity index (χ0v) is 12.4. The van der Waals surface area contributed by atoms with Crippen LogP contribution in [0, 0.1) is 0 Å². The van der Waals surface area contributed by atoms with E-state index in [4.69, 9.17) is 0 Å². The molecule has 100 valence electrons. The molecule has 0 aromatic heterocycles. The molecule has 1 aliphatic heterocycles. The lowest BCUT2D eigenvalue weighted by Crippen LogP contribution is -2.41. The number of hydrogen-bond donors (Lipinski definition) is 1. The van der Waals surface area contributed by atoms with Crippen molar-refractivity contribution in [3.63, 3.8) is 0 Å². The summed E-state index contributed by atoms with van der Waals surface area (Å²) in [5, 5.41) is 9.27. The van der Waals surface area contributed by atoms with Gasteiger partial charge in [-0.2, -0.15) is 0 Å². The minimum absolute atomic E-state index is 0.249. The number of benzene rings is 1. The number of rotatable bonds is 3. The maximum Gasteiger partial charge on any atom is 0.0513 e. The first-order chi connectivity index (χ1) is 8.72. The van der Waals surface area contributed by atoms with Crippen LogP contribution in [0.4, 0.5) is 5.69 Å². The lowest BCUT2D eigenvalue weighted by atomic mass is 10.1. The van der Waals surface area contributed by atoms with Gasteiger partial charge in [-0.05, 0) is 54.5 Å². The highest BCUT2D eigenvalue weighted by molar-refractivity contribution is 9.10. The summed E-state index contributed by atoms with van der Waals surface area (Å²) < 4.78 is 1.14. The van der Waals surface area contributed by atoms with Gasteiger partial charge in [0.05, 0.1) is 5.69 Å². The number of anilines is 1. The molecule has 4 heteroatoms. The summed E-state index contributed by atoms with van der Waals surface area (Å²) in [5.41, 5.74) is 1.24. The van der Waals surface area contributed by atoms with Gasteiger partial charge in [-0.1, -0.05) is 12.1 Å². The Hall–Kier alpha value is -0.580. The molecule has 1 N–H and O–H groups in total. The molecule has 18 heavy (non-hydrogen) atoms. The largest absolute Gasteiger partial charge is 0.396 e. The Labute approximate surface area is 118 Å². The van der Waals surface area contributed by atoms with Gasteiger partial charge in [0.1, 0.15) is 0 Å². The van der Waals surface area contributed by atoms with Crippen LogP contribution in [0.1, 0.15) is 12.8 Å². The molecule has 1 aliphatic rings. The molecule has 0 bridgehead atoms. The number of halogens is 1. The molecule has 2 rings (SSSR count). The van der Waals surface area contributed by atoms with Crippen molar-refractivity contribution in [2.75, 3.05) is 38.2 Å². The van der Waals surface area contributed by atoms with Gasteiger partial charge in [-0.3, -0.25) is 0 Å². The molecule has 1 saturated heterocycles. The number of likely N-dealkylation sites (N-methyl/N-ethyl adjacent to an activating group) is 1. The first-order valence-electron chi connectivity index (χ1n) is 6.53. The van der Waals surface area contributed by atoms with E-state index in [0.29, 0.717) is 6.04 Å². The lowest BCUT2D eigenvalue weighted by Gasteiger charge is -2.33. The summed E-state index contributed by atoms with van der Waals surface area (Å²) in [6.45, 7) is 3.45. The minimum Gasteiger partial charge on any atom is -0.396 e. The van der Waals surface area contributed by atoms with Gasteiger partial charge in [0.2, 0.25) is 0 Å². The van der Waals surface area contributed by atoms with Crippen molar-refractivity contribution in [1.82, 2.24) is 4.90 Å². The Kier molecular flexibility index (Phi) is 5.03. The Morgan fingerprint density at radius 2 is 2.11 bits per heavy atom. The van der Waals surface area contributed by atoms with Crippen LogP contribution in [0.3, 0.4) is 0 Å². The van der Waals surface area contributed by atoms with E-state index in [1.54, 1.807) is 0 Å². The van der Waals surface area contributed by atoms with Crippen LogP contribution >= 0.6 is 15.9 Å². The van der Waals surface area contributed by atoms with E-state index in [1.807, 2.05) is 6.07 Å². The highest BCUT2D eigenvalue weighted by Gasteiger charge is 2.24. The highest BCUT2D eigenvalue weighted by Crippen LogP contribution is 2.29. The smallest absolute Gasteiger partial charge is 0.0513 e. The van der Waals surface area contributed by atoms with E-state index in [0.717, 1.165) is 30.5 Å². The topological polar surface area (TPSA) is 26.7 Å². The van der Waals surface area contributed by atoms with E-state index in [-0.39, 0.29) is 6.61 Å². The summed E-state index contributed by atoms with van der Waals surface area (Å²) in [7, 11) is 2.16. The van der Waals surface area contributed by atoms with E-state index >= 15 is 0 Å². The van der Waals surface area contributed by atoms with Gasteiger partial charge < -0.3 is 14.9 Å². The van der Waals surface area contributed by atoms with Crippen LogP contribution in [-0.4, -0.2) is 49.3 Å². The molecular formula is C14H21BrN2O. The van der Waals surface area contributed by atoms with Gasteiger partial charge >= 0.3 is 0 Å². The van der Waals surface area contributed by atoms with Gasteiger partial charge in [-0.25, -0.2) is 0 Å². The maximum absolute atomic E-state index is 9.27. The molecule has 1 heterocycles. The van der Waals surface area contributed by atoms with Crippen LogP contribution in [0.15, 0.2) is 28.7 Å². The van der Waals surface area contributed by atoms with Crippen molar-refractivity contribution in [3.05, 3.63) is 28.7 Å². The van der Waals surface area contributed by atoms with Crippen LogP contribution in [0.25, 0.3) is 0 Å². The molecular weight excluding hydrogens is 292 g/mol. The normalized spacial score (nSPS) is 21.9. The maximum atomic E-state index is 9.27. The van der Waals surface area contributed by atoms with Crippen LogP contribution < -0.4 is 4.90 Å². The fraction of sp³-hybridized carbons (Fsp3) is 0.571. The quantitative estimate of drug-likeness (QED) is 0.928. The third-order valence-electron chi connectivity index (χ3n) is 3.53. The monoisotopic (exact) mass is 312 g/mol. The molecule has 1 fully saturated rings. The van der Waals surface area contributed by atoms with Crippen molar-refractivity contribution in [1.29, 1.82) is 0 Å². The molecule has 0 amide bonds. The third kappa shape index (κ3) is 3.25. The SMILES string of the molecule is CN1CCCN(c2ccccc2Br)C(CCO)C1. The first kappa shape index (κ1) is 13.8. The summed E-state index contributed by atoms with van der Waals surface area (Å²) in [6.07, 6.45) is 1.99. The predicted octanol–water partition coefficient (Wildman–Crippen LogP) is 2.34. The molecule has 1 unspecified atom stereocenters. The molecule has 0 radical (unpaired) electrons. The van der Waals surface area contributed by atoms with Gasteiger partial charge in [0, 0.05) is 30.2 Å². The molecule has 0 spiro atoms. The average Bonchev–Trinajstić information content (AvgIpc) is 2.52. The minimum atomic E-state index is 0.249. The number of para-hydroxylation sites is 1. The molecule has 1 aromatic rings. The van der Waals surface area contributed by atoms with Gasteiger partial charge in [0.25, 0.3) is 0 Å². The second-order valence-corrected chi connectivity index (χ2v) is 5.78. The Morgan fingerprint density at radius 3 is 2.83 bits per heavy atom. The van der Waals surface area contributed by atoms with Crippen LogP contribution in [-0.2, 0) is 0 Å². The van der Waals surface area contributed by atoms with E-state index < -0.39 is 0 Å². The van der Waals surface area contributed by atoms with Crippen molar-refractivity contribution in [3.8, 4) is 0 Å². The van der Waals surface area contributed by atoms with Crippen molar-refractivity contribution < 1.29 is 5.11 Å². The number of aliphatic hydroxyl groups excluding tert-OH is 1. The Morgan fingerprint density at radius 1 is 1.33 bits per heavy atom. The second kappa shape index (κ2) is 6.55. The first-order valence-corrected chi connectivity index (χ1v) is 7.32. The molecule has 3 nitrogen and oxygen atoms in total. The predicted molar refractivity (Wildman–Crippen MR) is 79.1 cm³/mol. The standard InChI is InChI=1S/C14H21BrN2O/c1-16-8-4-9-17(12(11-16)7-10-18)14-6-3-2-5-13(14)15/h2-3,5-6,12,18H,4,7-11H2,1H3. The number of hydrogen-bond acceptors (Lipinski definition) is 3. The second-order valence-electron chi connectivity index (χ2n) is 4.93. The summed E-state index contributed by atoms with van der Waals surface area (Å²) >= 11 is 3.63. The zero-order valence-electron chi connectivity index (χ0n) is 10.8. The summed E-state index contributed by atoms with van der Waals surface area (Å²) in [4.78, 5) is 4.79. The fourth-order valence-corrected chi connectivity index (χ4v) is 3.15. The third-order valence-corrected chi connectivity index (χ3v) is 4.20. The number of nitrogens with zero attached hydrogens (tertiary/aromatic N) is 2. The Bertz CT molecular complexity index is 386. The average molecular weight is 313 g/mol. The molecule has 0 saturated carbocycles. The zero-order chi connectivity index (χ0) is 13.0.